The van der Waals surface area contributed by atoms with Gasteiger partial charge >= 0.3 is 0 Å². The molecule has 0 bridgehead atoms. The highest BCUT2D eigenvalue weighted by Crippen LogP contribution is 2.17. The molecule has 1 amide bonds. The normalized spacial score (nSPS) is 11.0. The Balaban J connectivity index is 1.85. The molecule has 25 heavy (non-hydrogen) atoms. The Morgan fingerprint density at radius 1 is 1.04 bits per heavy atom. The average Bonchev–Trinajstić information content (AvgIpc) is 2.56. The summed E-state index contributed by atoms with van der Waals surface area (Å²) in [5.74, 6) is 0.280. The van der Waals surface area contributed by atoms with E-state index < -0.39 is 10.0 Å². The standard InChI is InChI=1S/C17H19ClN2O4S/c1-2-11-25(22,23)20-15-7-5-14(6-8-15)19-17(21)12-24-16-9-3-13(18)4-10-16/h3-10,20H,2,11-12H2,1H3,(H,19,21). The van der Waals surface area contributed by atoms with E-state index in [0.29, 0.717) is 28.6 Å². The van der Waals surface area contributed by atoms with Gasteiger partial charge in [-0.3, -0.25) is 9.52 Å². The molecular weight excluding hydrogens is 364 g/mol. The van der Waals surface area contributed by atoms with Crippen LogP contribution in [0.2, 0.25) is 5.02 Å². The van der Waals surface area contributed by atoms with Gasteiger partial charge in [-0.05, 0) is 55.0 Å². The van der Waals surface area contributed by atoms with Crippen molar-refractivity contribution in [3.8, 4) is 5.75 Å². The van der Waals surface area contributed by atoms with Crippen LogP contribution in [0.25, 0.3) is 0 Å². The molecule has 0 spiro atoms. The fraction of sp³-hybridized carbons (Fsp3) is 0.235. The number of benzene rings is 2. The fourth-order valence-corrected chi connectivity index (χ4v) is 3.26. The summed E-state index contributed by atoms with van der Waals surface area (Å²) >= 11 is 5.77. The summed E-state index contributed by atoms with van der Waals surface area (Å²) < 4.78 is 31.2. The maximum absolute atomic E-state index is 11.9. The number of carbonyl (C=O) groups excluding carboxylic acids is 1. The molecule has 2 aromatic carbocycles. The molecule has 8 heteroatoms. The Morgan fingerprint density at radius 3 is 2.24 bits per heavy atom. The minimum atomic E-state index is -3.33. The first-order valence-electron chi connectivity index (χ1n) is 7.67. The molecule has 2 aromatic rings. The van der Waals surface area contributed by atoms with Gasteiger partial charge < -0.3 is 10.1 Å². The second kappa shape index (κ2) is 8.73. The molecule has 0 heterocycles. The van der Waals surface area contributed by atoms with Gasteiger partial charge in [0.1, 0.15) is 5.75 Å². The molecule has 0 aliphatic rings. The van der Waals surface area contributed by atoms with E-state index in [1.54, 1.807) is 55.5 Å². The number of hydrogen-bond donors (Lipinski definition) is 2. The maximum atomic E-state index is 11.9. The third kappa shape index (κ3) is 6.64. The van der Waals surface area contributed by atoms with E-state index in [9.17, 15) is 13.2 Å². The van der Waals surface area contributed by atoms with Crippen molar-refractivity contribution < 1.29 is 17.9 Å². The largest absolute Gasteiger partial charge is 0.484 e. The van der Waals surface area contributed by atoms with Crippen LogP contribution in [0.4, 0.5) is 11.4 Å². The monoisotopic (exact) mass is 382 g/mol. The lowest BCUT2D eigenvalue weighted by atomic mass is 10.3. The van der Waals surface area contributed by atoms with Crippen molar-refractivity contribution in [2.24, 2.45) is 0 Å². The number of hydrogen-bond acceptors (Lipinski definition) is 4. The molecule has 0 fully saturated rings. The van der Waals surface area contributed by atoms with Crippen molar-refractivity contribution >= 4 is 38.9 Å². The van der Waals surface area contributed by atoms with Gasteiger partial charge in [0.2, 0.25) is 10.0 Å². The van der Waals surface area contributed by atoms with Crippen LogP contribution in [-0.4, -0.2) is 26.7 Å². The van der Waals surface area contributed by atoms with Crippen molar-refractivity contribution in [2.75, 3.05) is 22.4 Å². The second-order valence-corrected chi connectivity index (χ2v) is 7.57. The van der Waals surface area contributed by atoms with E-state index in [0.717, 1.165) is 0 Å². The Bertz CT molecular complexity index is 806. The van der Waals surface area contributed by atoms with E-state index in [2.05, 4.69) is 10.0 Å². The van der Waals surface area contributed by atoms with Gasteiger partial charge in [-0.25, -0.2) is 8.42 Å². The molecule has 6 nitrogen and oxygen atoms in total. The highest BCUT2D eigenvalue weighted by Gasteiger charge is 2.09. The van der Waals surface area contributed by atoms with Crippen LogP contribution in [-0.2, 0) is 14.8 Å². The Kier molecular flexibility index (Phi) is 6.66. The van der Waals surface area contributed by atoms with Gasteiger partial charge in [0.25, 0.3) is 5.91 Å². The molecule has 0 atom stereocenters. The summed E-state index contributed by atoms with van der Waals surface area (Å²) in [6, 6.07) is 13.1. The summed E-state index contributed by atoms with van der Waals surface area (Å²) in [4.78, 5) is 11.9. The SMILES string of the molecule is CCCS(=O)(=O)Nc1ccc(NC(=O)COc2ccc(Cl)cc2)cc1. The van der Waals surface area contributed by atoms with Crippen molar-refractivity contribution in [2.45, 2.75) is 13.3 Å². The summed E-state index contributed by atoms with van der Waals surface area (Å²) in [6.07, 6.45) is 0.539. The number of nitrogens with one attached hydrogen (secondary N) is 2. The number of carbonyl (C=O) groups is 1. The summed E-state index contributed by atoms with van der Waals surface area (Å²) in [5.41, 5.74) is 0.993. The molecule has 2 rings (SSSR count). The predicted octanol–water partition coefficient (Wildman–Crippen LogP) is 3.51. The lowest BCUT2D eigenvalue weighted by Crippen LogP contribution is -2.20. The highest BCUT2D eigenvalue weighted by atomic mass is 35.5. The lowest BCUT2D eigenvalue weighted by molar-refractivity contribution is -0.118. The maximum Gasteiger partial charge on any atom is 0.262 e. The number of amides is 1. The van der Waals surface area contributed by atoms with Crippen LogP contribution in [0.5, 0.6) is 5.75 Å². The van der Waals surface area contributed by atoms with E-state index in [-0.39, 0.29) is 18.3 Å². The van der Waals surface area contributed by atoms with Crippen LogP contribution >= 0.6 is 11.6 Å². The first kappa shape index (κ1) is 19.1. The van der Waals surface area contributed by atoms with Crippen molar-refractivity contribution in [1.82, 2.24) is 0 Å². The highest BCUT2D eigenvalue weighted by molar-refractivity contribution is 7.92. The molecule has 0 aromatic heterocycles. The zero-order valence-corrected chi connectivity index (χ0v) is 15.2. The number of rotatable bonds is 8. The molecule has 0 saturated heterocycles. The smallest absolute Gasteiger partial charge is 0.262 e. The Morgan fingerprint density at radius 2 is 1.64 bits per heavy atom. The number of halogens is 1. The van der Waals surface area contributed by atoms with Gasteiger partial charge in [-0.1, -0.05) is 18.5 Å². The lowest BCUT2D eigenvalue weighted by Gasteiger charge is -2.10. The molecule has 0 radical (unpaired) electrons. The fourth-order valence-electron chi connectivity index (χ4n) is 2.00. The second-order valence-electron chi connectivity index (χ2n) is 5.29. The van der Waals surface area contributed by atoms with Crippen molar-refractivity contribution in [3.05, 3.63) is 53.6 Å². The van der Waals surface area contributed by atoms with Gasteiger partial charge in [0.15, 0.2) is 6.61 Å². The third-order valence-corrected chi connectivity index (χ3v) is 4.84. The third-order valence-electron chi connectivity index (χ3n) is 3.10. The summed E-state index contributed by atoms with van der Waals surface area (Å²) in [7, 11) is -3.33. The quantitative estimate of drug-likeness (QED) is 0.731. The summed E-state index contributed by atoms with van der Waals surface area (Å²) in [5, 5.41) is 3.26. The van der Waals surface area contributed by atoms with E-state index in [4.69, 9.17) is 16.3 Å². The molecule has 0 aliphatic carbocycles. The van der Waals surface area contributed by atoms with E-state index >= 15 is 0 Å². The van der Waals surface area contributed by atoms with Gasteiger partial charge in [-0.15, -0.1) is 0 Å². The van der Waals surface area contributed by atoms with Crippen LogP contribution in [0, 0.1) is 0 Å². The number of anilines is 2. The molecule has 0 aliphatic heterocycles. The molecule has 2 N–H and O–H groups in total. The van der Waals surface area contributed by atoms with Crippen LogP contribution in [0.1, 0.15) is 13.3 Å². The Hall–Kier alpha value is -2.25. The van der Waals surface area contributed by atoms with Crippen LogP contribution < -0.4 is 14.8 Å². The van der Waals surface area contributed by atoms with Crippen LogP contribution in [0.15, 0.2) is 48.5 Å². The number of ether oxygens (including phenoxy) is 1. The zero-order valence-electron chi connectivity index (χ0n) is 13.7. The average molecular weight is 383 g/mol. The minimum Gasteiger partial charge on any atom is -0.484 e. The van der Waals surface area contributed by atoms with Gasteiger partial charge in [0.05, 0.1) is 5.75 Å². The first-order chi connectivity index (χ1) is 11.9. The molecule has 0 saturated carbocycles. The van der Waals surface area contributed by atoms with E-state index in [1.165, 1.54) is 0 Å². The zero-order chi connectivity index (χ0) is 18.3. The van der Waals surface area contributed by atoms with Crippen molar-refractivity contribution in [1.29, 1.82) is 0 Å². The first-order valence-corrected chi connectivity index (χ1v) is 9.70. The molecular formula is C17H19ClN2O4S. The predicted molar refractivity (Wildman–Crippen MR) is 99.7 cm³/mol. The van der Waals surface area contributed by atoms with Crippen LogP contribution in [0.3, 0.4) is 0 Å². The molecule has 0 unspecified atom stereocenters. The summed E-state index contributed by atoms with van der Waals surface area (Å²) in [6.45, 7) is 1.65. The van der Waals surface area contributed by atoms with Crippen molar-refractivity contribution in [3.63, 3.8) is 0 Å². The van der Waals surface area contributed by atoms with E-state index in [1.807, 2.05) is 0 Å². The number of sulfonamides is 1. The topological polar surface area (TPSA) is 84.5 Å². The van der Waals surface area contributed by atoms with Gasteiger partial charge in [-0.2, -0.15) is 0 Å². The Labute approximate surface area is 152 Å². The minimum absolute atomic E-state index is 0.0630. The van der Waals surface area contributed by atoms with Gasteiger partial charge in [0, 0.05) is 16.4 Å². The molecule has 134 valence electrons.